The molecule has 0 aliphatic carbocycles. The Balaban J connectivity index is 2.39. The molecule has 78 valence electrons. The standard InChI is InChI=1S/C10H18N4/c1-10(2,3)9-13-12-8-7-11-5-4-6-14(8)9/h11H,4-7H2,1-3H3. The number of aromatic nitrogens is 3. The topological polar surface area (TPSA) is 42.7 Å². The fraction of sp³-hybridized carbons (Fsp3) is 0.800. The van der Waals surface area contributed by atoms with Gasteiger partial charge in [0.25, 0.3) is 0 Å². The van der Waals surface area contributed by atoms with Crippen LogP contribution in [0.15, 0.2) is 0 Å². The molecule has 0 spiro atoms. The van der Waals surface area contributed by atoms with Crippen LogP contribution in [0.3, 0.4) is 0 Å². The second kappa shape index (κ2) is 3.35. The van der Waals surface area contributed by atoms with E-state index in [1.807, 2.05) is 0 Å². The van der Waals surface area contributed by atoms with Gasteiger partial charge in [-0.2, -0.15) is 0 Å². The zero-order valence-corrected chi connectivity index (χ0v) is 9.17. The van der Waals surface area contributed by atoms with Crippen LogP contribution in [0.2, 0.25) is 0 Å². The highest BCUT2D eigenvalue weighted by molar-refractivity contribution is 5.06. The zero-order chi connectivity index (χ0) is 10.2. The summed E-state index contributed by atoms with van der Waals surface area (Å²) >= 11 is 0. The minimum atomic E-state index is 0.0928. The minimum Gasteiger partial charge on any atom is -0.313 e. The van der Waals surface area contributed by atoms with E-state index in [1.165, 1.54) is 0 Å². The summed E-state index contributed by atoms with van der Waals surface area (Å²) in [6.07, 6.45) is 1.16. The minimum absolute atomic E-state index is 0.0928. The van der Waals surface area contributed by atoms with Crippen molar-refractivity contribution < 1.29 is 0 Å². The molecule has 0 fully saturated rings. The molecular formula is C10H18N4. The lowest BCUT2D eigenvalue weighted by Gasteiger charge is -2.18. The average molecular weight is 194 g/mol. The van der Waals surface area contributed by atoms with Gasteiger partial charge in [0.15, 0.2) is 0 Å². The maximum Gasteiger partial charge on any atom is 0.147 e. The highest BCUT2D eigenvalue weighted by Gasteiger charge is 2.24. The summed E-state index contributed by atoms with van der Waals surface area (Å²) < 4.78 is 2.26. The molecule has 0 aromatic carbocycles. The molecule has 2 rings (SSSR count). The lowest BCUT2D eigenvalue weighted by molar-refractivity contribution is 0.491. The predicted octanol–water partition coefficient (Wildman–Crippen LogP) is 1.07. The number of fused-ring (bicyclic) bond motifs is 1. The molecule has 1 aliphatic heterocycles. The lowest BCUT2D eigenvalue weighted by Crippen LogP contribution is -2.19. The lowest BCUT2D eigenvalue weighted by atomic mass is 9.95. The predicted molar refractivity (Wildman–Crippen MR) is 55.0 cm³/mol. The molecule has 14 heavy (non-hydrogen) atoms. The summed E-state index contributed by atoms with van der Waals surface area (Å²) in [7, 11) is 0. The Morgan fingerprint density at radius 3 is 2.79 bits per heavy atom. The normalized spacial score (nSPS) is 17.6. The smallest absolute Gasteiger partial charge is 0.147 e. The molecule has 1 aromatic heterocycles. The average Bonchev–Trinajstić information content (AvgIpc) is 2.36. The van der Waals surface area contributed by atoms with Crippen LogP contribution in [0, 0.1) is 0 Å². The summed E-state index contributed by atoms with van der Waals surface area (Å²) in [4.78, 5) is 0. The van der Waals surface area contributed by atoms with Crippen molar-refractivity contribution in [3.63, 3.8) is 0 Å². The molecule has 1 aliphatic rings. The monoisotopic (exact) mass is 194 g/mol. The summed E-state index contributed by atoms with van der Waals surface area (Å²) in [6.45, 7) is 9.52. The quantitative estimate of drug-likeness (QED) is 0.671. The van der Waals surface area contributed by atoms with E-state index in [0.717, 1.165) is 37.7 Å². The van der Waals surface area contributed by atoms with Crippen LogP contribution in [0.1, 0.15) is 38.8 Å². The molecule has 0 saturated heterocycles. The fourth-order valence-corrected chi connectivity index (χ4v) is 1.82. The second-order valence-corrected chi connectivity index (χ2v) is 4.87. The molecule has 0 bridgehead atoms. The molecule has 0 atom stereocenters. The number of hydrogen-bond donors (Lipinski definition) is 1. The SMILES string of the molecule is CC(C)(C)c1nnc2n1CCCNC2. The number of rotatable bonds is 0. The van der Waals surface area contributed by atoms with E-state index in [9.17, 15) is 0 Å². The van der Waals surface area contributed by atoms with Gasteiger partial charge in [-0.15, -0.1) is 10.2 Å². The first-order valence-corrected chi connectivity index (χ1v) is 5.22. The summed E-state index contributed by atoms with van der Waals surface area (Å²) in [5, 5.41) is 11.9. The van der Waals surface area contributed by atoms with Gasteiger partial charge in [-0.1, -0.05) is 20.8 Å². The van der Waals surface area contributed by atoms with Gasteiger partial charge in [0, 0.05) is 12.0 Å². The van der Waals surface area contributed by atoms with Gasteiger partial charge in [-0.05, 0) is 13.0 Å². The number of nitrogens with one attached hydrogen (secondary N) is 1. The Labute approximate surface area is 84.7 Å². The van der Waals surface area contributed by atoms with Crippen molar-refractivity contribution >= 4 is 0 Å². The third-order valence-corrected chi connectivity index (χ3v) is 2.52. The van der Waals surface area contributed by atoms with E-state index in [0.29, 0.717) is 0 Å². The largest absolute Gasteiger partial charge is 0.313 e. The molecule has 0 saturated carbocycles. The molecule has 4 nitrogen and oxygen atoms in total. The van der Waals surface area contributed by atoms with E-state index < -0.39 is 0 Å². The van der Waals surface area contributed by atoms with Gasteiger partial charge in [-0.25, -0.2) is 0 Å². The first-order valence-electron chi connectivity index (χ1n) is 5.22. The third kappa shape index (κ3) is 1.66. The highest BCUT2D eigenvalue weighted by Crippen LogP contribution is 2.21. The first kappa shape index (κ1) is 9.65. The van der Waals surface area contributed by atoms with E-state index in [-0.39, 0.29) is 5.41 Å². The first-order chi connectivity index (χ1) is 6.59. The van der Waals surface area contributed by atoms with Crippen molar-refractivity contribution in [2.45, 2.75) is 45.7 Å². The highest BCUT2D eigenvalue weighted by atomic mass is 15.3. The van der Waals surface area contributed by atoms with E-state index in [1.54, 1.807) is 0 Å². The maximum atomic E-state index is 4.28. The van der Waals surface area contributed by atoms with Crippen molar-refractivity contribution in [2.24, 2.45) is 0 Å². The van der Waals surface area contributed by atoms with Crippen molar-refractivity contribution in [1.29, 1.82) is 0 Å². The molecule has 0 unspecified atom stereocenters. The van der Waals surface area contributed by atoms with Crippen LogP contribution in [-0.2, 0) is 18.5 Å². The molecule has 1 aromatic rings. The van der Waals surface area contributed by atoms with Crippen molar-refractivity contribution in [3.8, 4) is 0 Å². The fourth-order valence-electron chi connectivity index (χ4n) is 1.82. The van der Waals surface area contributed by atoms with Crippen molar-refractivity contribution in [1.82, 2.24) is 20.1 Å². The van der Waals surface area contributed by atoms with Crippen molar-refractivity contribution in [3.05, 3.63) is 11.6 Å². The Bertz CT molecular complexity index is 321. The van der Waals surface area contributed by atoms with Crippen LogP contribution >= 0.6 is 0 Å². The Morgan fingerprint density at radius 2 is 2.07 bits per heavy atom. The molecule has 0 amide bonds. The van der Waals surface area contributed by atoms with Gasteiger partial charge in [-0.3, -0.25) is 0 Å². The molecule has 4 heteroatoms. The van der Waals surface area contributed by atoms with Gasteiger partial charge in [0.2, 0.25) is 0 Å². The Kier molecular flexibility index (Phi) is 2.31. The molecule has 0 radical (unpaired) electrons. The van der Waals surface area contributed by atoms with Gasteiger partial charge in [0.05, 0.1) is 6.54 Å². The van der Waals surface area contributed by atoms with Gasteiger partial charge < -0.3 is 9.88 Å². The molecule has 2 heterocycles. The summed E-state index contributed by atoms with van der Waals surface area (Å²) in [5.41, 5.74) is 0.0928. The number of nitrogens with zero attached hydrogens (tertiary/aromatic N) is 3. The third-order valence-electron chi connectivity index (χ3n) is 2.52. The van der Waals surface area contributed by atoms with Crippen molar-refractivity contribution in [2.75, 3.05) is 6.54 Å². The summed E-state index contributed by atoms with van der Waals surface area (Å²) in [6, 6.07) is 0. The molecule has 1 N–H and O–H groups in total. The van der Waals surface area contributed by atoms with Crippen LogP contribution in [-0.4, -0.2) is 21.3 Å². The van der Waals surface area contributed by atoms with Crippen LogP contribution < -0.4 is 5.32 Å². The van der Waals surface area contributed by atoms with Crippen LogP contribution in [0.25, 0.3) is 0 Å². The Hall–Kier alpha value is -0.900. The van der Waals surface area contributed by atoms with Gasteiger partial charge in [0.1, 0.15) is 11.6 Å². The maximum absolute atomic E-state index is 4.28. The Morgan fingerprint density at radius 1 is 1.29 bits per heavy atom. The van der Waals surface area contributed by atoms with Crippen LogP contribution in [0.4, 0.5) is 0 Å². The zero-order valence-electron chi connectivity index (χ0n) is 9.17. The van der Waals surface area contributed by atoms with Crippen LogP contribution in [0.5, 0.6) is 0 Å². The summed E-state index contributed by atoms with van der Waals surface area (Å²) in [5.74, 6) is 2.18. The van der Waals surface area contributed by atoms with E-state index in [4.69, 9.17) is 0 Å². The van der Waals surface area contributed by atoms with E-state index >= 15 is 0 Å². The second-order valence-electron chi connectivity index (χ2n) is 4.87. The molecular weight excluding hydrogens is 176 g/mol. The van der Waals surface area contributed by atoms with Gasteiger partial charge >= 0.3 is 0 Å². The van der Waals surface area contributed by atoms with E-state index in [2.05, 4.69) is 40.9 Å². The number of hydrogen-bond acceptors (Lipinski definition) is 3.